The molecule has 0 saturated heterocycles. The average Bonchev–Trinajstić information content (AvgIpc) is 2.55. The van der Waals surface area contributed by atoms with E-state index in [1.54, 1.807) is 0 Å². The van der Waals surface area contributed by atoms with Crippen LogP contribution >= 0.6 is 0 Å². The average molecular weight is 290 g/mol. The van der Waals surface area contributed by atoms with Crippen molar-refractivity contribution in [2.75, 3.05) is 0 Å². The van der Waals surface area contributed by atoms with Gasteiger partial charge in [0.1, 0.15) is 0 Å². The van der Waals surface area contributed by atoms with Crippen molar-refractivity contribution in [2.45, 2.75) is 19.4 Å². The minimum atomic E-state index is -1.36. The fourth-order valence-corrected chi connectivity index (χ4v) is 2.60. The van der Waals surface area contributed by atoms with Gasteiger partial charge in [0, 0.05) is 11.4 Å². The standard InChI is InChI=1S/C19H18N2O/c1-14-8-6-12-17(20-14)19(22,16-10-4-3-5-11-16)18-13-7-9-15(2)21-18/h3-13,22H,1-2H3. The topological polar surface area (TPSA) is 46.0 Å². The Morgan fingerprint density at radius 1 is 0.682 bits per heavy atom. The van der Waals surface area contributed by atoms with E-state index < -0.39 is 5.60 Å². The molecule has 0 spiro atoms. The molecule has 0 fully saturated rings. The maximum absolute atomic E-state index is 11.5. The molecule has 0 aliphatic rings. The molecule has 3 heteroatoms. The fourth-order valence-electron chi connectivity index (χ4n) is 2.60. The third-order valence-electron chi connectivity index (χ3n) is 3.71. The molecule has 0 unspecified atom stereocenters. The smallest absolute Gasteiger partial charge is 0.174 e. The van der Waals surface area contributed by atoms with E-state index in [4.69, 9.17) is 0 Å². The molecule has 0 radical (unpaired) electrons. The van der Waals surface area contributed by atoms with Crippen molar-refractivity contribution < 1.29 is 5.11 Å². The van der Waals surface area contributed by atoms with Crippen molar-refractivity contribution in [2.24, 2.45) is 0 Å². The van der Waals surface area contributed by atoms with Crippen LogP contribution in [0.3, 0.4) is 0 Å². The Hall–Kier alpha value is -2.52. The second kappa shape index (κ2) is 5.70. The van der Waals surface area contributed by atoms with E-state index in [1.165, 1.54) is 0 Å². The van der Waals surface area contributed by atoms with Gasteiger partial charge in [-0.2, -0.15) is 0 Å². The highest BCUT2D eigenvalue weighted by molar-refractivity contribution is 5.42. The number of hydrogen-bond donors (Lipinski definition) is 1. The predicted molar refractivity (Wildman–Crippen MR) is 86.5 cm³/mol. The van der Waals surface area contributed by atoms with Crippen molar-refractivity contribution in [3.8, 4) is 0 Å². The van der Waals surface area contributed by atoms with E-state index in [0.717, 1.165) is 17.0 Å². The molecule has 110 valence electrons. The zero-order chi connectivity index (χ0) is 15.6. The van der Waals surface area contributed by atoms with Gasteiger partial charge in [0.05, 0.1) is 11.4 Å². The number of aryl methyl sites for hydroxylation is 2. The summed E-state index contributed by atoms with van der Waals surface area (Å²) in [6.45, 7) is 3.83. The lowest BCUT2D eigenvalue weighted by Gasteiger charge is -2.28. The van der Waals surface area contributed by atoms with Gasteiger partial charge in [-0.25, -0.2) is 0 Å². The van der Waals surface area contributed by atoms with E-state index in [1.807, 2.05) is 80.6 Å². The lowest BCUT2D eigenvalue weighted by atomic mass is 9.86. The molecule has 0 amide bonds. The van der Waals surface area contributed by atoms with E-state index in [2.05, 4.69) is 9.97 Å². The van der Waals surface area contributed by atoms with Crippen LogP contribution in [0.1, 0.15) is 28.3 Å². The Morgan fingerprint density at radius 3 is 1.64 bits per heavy atom. The van der Waals surface area contributed by atoms with Gasteiger partial charge >= 0.3 is 0 Å². The Labute approximate surface area is 130 Å². The first-order valence-electron chi connectivity index (χ1n) is 7.27. The first-order valence-corrected chi connectivity index (χ1v) is 7.27. The summed E-state index contributed by atoms with van der Waals surface area (Å²) < 4.78 is 0. The maximum Gasteiger partial charge on any atom is 0.174 e. The van der Waals surface area contributed by atoms with Crippen molar-refractivity contribution in [3.63, 3.8) is 0 Å². The van der Waals surface area contributed by atoms with Gasteiger partial charge in [0.2, 0.25) is 0 Å². The molecule has 3 aromatic rings. The van der Waals surface area contributed by atoms with Crippen LogP contribution in [0.5, 0.6) is 0 Å². The monoisotopic (exact) mass is 290 g/mol. The summed E-state index contributed by atoms with van der Waals surface area (Å²) in [5.74, 6) is 0. The van der Waals surface area contributed by atoms with Crippen molar-refractivity contribution in [1.29, 1.82) is 0 Å². The molecule has 2 aromatic heterocycles. The van der Waals surface area contributed by atoms with Gasteiger partial charge in [0.15, 0.2) is 5.60 Å². The number of nitrogens with zero attached hydrogens (tertiary/aromatic N) is 2. The molecule has 1 aromatic carbocycles. The van der Waals surface area contributed by atoms with Gasteiger partial charge < -0.3 is 5.11 Å². The van der Waals surface area contributed by atoms with Crippen LogP contribution in [-0.2, 0) is 5.60 Å². The van der Waals surface area contributed by atoms with Crippen LogP contribution < -0.4 is 0 Å². The van der Waals surface area contributed by atoms with Crippen LogP contribution in [0.25, 0.3) is 0 Å². The second-order valence-corrected chi connectivity index (χ2v) is 5.40. The molecule has 1 N–H and O–H groups in total. The number of hydrogen-bond acceptors (Lipinski definition) is 3. The van der Waals surface area contributed by atoms with Crippen LogP contribution in [0, 0.1) is 13.8 Å². The number of rotatable bonds is 3. The van der Waals surface area contributed by atoms with Crippen molar-refractivity contribution >= 4 is 0 Å². The van der Waals surface area contributed by atoms with E-state index in [-0.39, 0.29) is 0 Å². The Kier molecular flexibility index (Phi) is 3.73. The van der Waals surface area contributed by atoms with Crippen molar-refractivity contribution in [1.82, 2.24) is 9.97 Å². The Morgan fingerprint density at radius 2 is 1.18 bits per heavy atom. The summed E-state index contributed by atoms with van der Waals surface area (Å²) in [6, 6.07) is 20.9. The zero-order valence-corrected chi connectivity index (χ0v) is 12.7. The van der Waals surface area contributed by atoms with Gasteiger partial charge in [-0.3, -0.25) is 9.97 Å². The van der Waals surface area contributed by atoms with Gasteiger partial charge in [-0.15, -0.1) is 0 Å². The summed E-state index contributed by atoms with van der Waals surface area (Å²) in [4.78, 5) is 9.08. The Bertz CT molecular complexity index is 739. The lowest BCUT2D eigenvalue weighted by Crippen LogP contribution is -2.31. The maximum atomic E-state index is 11.5. The molecular formula is C19H18N2O. The van der Waals surface area contributed by atoms with E-state index in [0.29, 0.717) is 11.4 Å². The van der Waals surface area contributed by atoms with Gasteiger partial charge in [0.25, 0.3) is 0 Å². The summed E-state index contributed by atoms with van der Waals surface area (Å²) in [5, 5.41) is 11.5. The predicted octanol–water partition coefficient (Wildman–Crippen LogP) is 3.38. The Balaban J connectivity index is 2.27. The minimum Gasteiger partial charge on any atom is -0.373 e. The molecule has 0 aliphatic heterocycles. The number of aliphatic hydroxyl groups is 1. The number of benzene rings is 1. The molecular weight excluding hydrogens is 272 g/mol. The lowest BCUT2D eigenvalue weighted by molar-refractivity contribution is 0.115. The third-order valence-corrected chi connectivity index (χ3v) is 3.71. The zero-order valence-electron chi connectivity index (χ0n) is 12.7. The van der Waals surface area contributed by atoms with E-state index in [9.17, 15) is 5.11 Å². The van der Waals surface area contributed by atoms with Crippen LogP contribution in [0.2, 0.25) is 0 Å². The molecule has 0 saturated carbocycles. The fraction of sp³-hybridized carbons (Fsp3) is 0.158. The summed E-state index contributed by atoms with van der Waals surface area (Å²) >= 11 is 0. The molecule has 2 heterocycles. The normalized spacial score (nSPS) is 11.4. The highest BCUT2D eigenvalue weighted by atomic mass is 16.3. The van der Waals surface area contributed by atoms with Crippen molar-refractivity contribution in [3.05, 3.63) is 95.1 Å². The highest BCUT2D eigenvalue weighted by Gasteiger charge is 2.36. The molecule has 22 heavy (non-hydrogen) atoms. The molecule has 0 atom stereocenters. The largest absolute Gasteiger partial charge is 0.373 e. The van der Waals surface area contributed by atoms with Crippen LogP contribution in [-0.4, -0.2) is 15.1 Å². The number of aromatic nitrogens is 2. The molecule has 0 bridgehead atoms. The number of pyridine rings is 2. The second-order valence-electron chi connectivity index (χ2n) is 5.40. The third kappa shape index (κ3) is 2.51. The molecule has 3 rings (SSSR count). The van der Waals surface area contributed by atoms with Gasteiger partial charge in [-0.05, 0) is 43.7 Å². The molecule has 0 aliphatic carbocycles. The first-order chi connectivity index (χ1) is 10.6. The van der Waals surface area contributed by atoms with Gasteiger partial charge in [-0.1, -0.05) is 42.5 Å². The van der Waals surface area contributed by atoms with Crippen LogP contribution in [0.4, 0.5) is 0 Å². The van der Waals surface area contributed by atoms with E-state index >= 15 is 0 Å². The summed E-state index contributed by atoms with van der Waals surface area (Å²) in [6.07, 6.45) is 0. The highest BCUT2D eigenvalue weighted by Crippen LogP contribution is 2.34. The quantitative estimate of drug-likeness (QED) is 0.804. The SMILES string of the molecule is Cc1cccc(C(O)(c2ccccc2)c2cccc(C)n2)n1. The first kappa shape index (κ1) is 14.4. The molecule has 3 nitrogen and oxygen atoms in total. The van der Waals surface area contributed by atoms with Crippen LogP contribution in [0.15, 0.2) is 66.7 Å². The summed E-state index contributed by atoms with van der Waals surface area (Å²) in [5.41, 5.74) is 2.28. The minimum absolute atomic E-state index is 0.580. The summed E-state index contributed by atoms with van der Waals surface area (Å²) in [7, 11) is 0.